The monoisotopic (exact) mass is 184 g/mol. The Labute approximate surface area is 83.0 Å². The molecule has 1 N–H and O–H groups in total. The lowest BCUT2D eigenvalue weighted by Crippen LogP contribution is -2.43. The topological polar surface area (TPSA) is 15.3 Å². The van der Waals surface area contributed by atoms with Gasteiger partial charge in [0.25, 0.3) is 0 Å². The molecule has 0 fully saturated rings. The van der Waals surface area contributed by atoms with Gasteiger partial charge < -0.3 is 5.01 Å². The quantitative estimate of drug-likeness (QED) is 0.678. The highest BCUT2D eigenvalue weighted by molar-refractivity contribution is 5.08. The highest BCUT2D eigenvalue weighted by Gasteiger charge is 2.22. The van der Waals surface area contributed by atoms with Crippen molar-refractivity contribution in [2.75, 3.05) is 7.05 Å². The van der Waals surface area contributed by atoms with Crippen LogP contribution in [-0.2, 0) is 0 Å². The molecule has 0 aromatic rings. The normalized spacial score (nSPS) is 13.7. The molecule has 0 aromatic heterocycles. The molecule has 0 saturated heterocycles. The Morgan fingerprint density at radius 1 is 1.31 bits per heavy atom. The summed E-state index contributed by atoms with van der Waals surface area (Å²) in [5, 5.41) is 2.21. The van der Waals surface area contributed by atoms with Gasteiger partial charge in [0.05, 0.1) is 0 Å². The molecule has 0 aliphatic rings. The Morgan fingerprint density at radius 3 is 1.85 bits per heavy atom. The van der Waals surface area contributed by atoms with Crippen molar-refractivity contribution in [3.63, 3.8) is 0 Å². The molecule has 2 heteroatoms. The summed E-state index contributed by atoms with van der Waals surface area (Å²) >= 11 is 0. The standard InChI is InChI=1S/C11H24N2/c1-8-10(11(4,5)6)13(12-7)9(2)3/h8-9,12H,1-7H3/b10-8-. The van der Waals surface area contributed by atoms with E-state index in [9.17, 15) is 0 Å². The summed E-state index contributed by atoms with van der Waals surface area (Å²) in [4.78, 5) is 0. The predicted octanol–water partition coefficient (Wildman–Crippen LogP) is 2.78. The zero-order chi connectivity index (χ0) is 10.6. The zero-order valence-electron chi connectivity index (χ0n) is 10.1. The first kappa shape index (κ1) is 12.5. The average molecular weight is 184 g/mol. The van der Waals surface area contributed by atoms with E-state index >= 15 is 0 Å². The Balaban J connectivity index is 4.77. The molecule has 0 radical (unpaired) electrons. The van der Waals surface area contributed by atoms with Crippen molar-refractivity contribution < 1.29 is 0 Å². The fraction of sp³-hybridized carbons (Fsp3) is 0.818. The number of nitrogens with zero attached hydrogens (tertiary/aromatic N) is 1. The Bertz CT molecular complexity index is 175. The van der Waals surface area contributed by atoms with Crippen LogP contribution < -0.4 is 5.43 Å². The third-order valence-corrected chi connectivity index (χ3v) is 2.06. The minimum atomic E-state index is 0.196. The van der Waals surface area contributed by atoms with Crippen LogP contribution in [0.5, 0.6) is 0 Å². The van der Waals surface area contributed by atoms with E-state index in [-0.39, 0.29) is 5.41 Å². The van der Waals surface area contributed by atoms with Gasteiger partial charge in [0.15, 0.2) is 0 Å². The summed E-state index contributed by atoms with van der Waals surface area (Å²) in [7, 11) is 1.97. The summed E-state index contributed by atoms with van der Waals surface area (Å²) in [6.07, 6.45) is 2.18. The number of hydrazine groups is 1. The molecule has 0 amide bonds. The van der Waals surface area contributed by atoms with E-state index in [0.717, 1.165) is 0 Å². The molecule has 0 rings (SSSR count). The van der Waals surface area contributed by atoms with E-state index in [1.807, 2.05) is 7.05 Å². The minimum Gasteiger partial charge on any atom is -0.310 e. The number of hydrogen-bond donors (Lipinski definition) is 1. The van der Waals surface area contributed by atoms with Gasteiger partial charge in [-0.1, -0.05) is 26.8 Å². The molecule has 0 aliphatic carbocycles. The van der Waals surface area contributed by atoms with Gasteiger partial charge in [0.2, 0.25) is 0 Å². The molecular formula is C11H24N2. The first-order valence-corrected chi connectivity index (χ1v) is 4.98. The van der Waals surface area contributed by atoms with Crippen LogP contribution in [0, 0.1) is 5.41 Å². The van der Waals surface area contributed by atoms with Gasteiger partial charge in [-0.3, -0.25) is 0 Å². The minimum absolute atomic E-state index is 0.196. The molecule has 78 valence electrons. The first-order chi connectivity index (χ1) is 5.84. The molecule has 0 spiro atoms. The summed E-state index contributed by atoms with van der Waals surface area (Å²) < 4.78 is 0. The number of rotatable bonds is 3. The molecular weight excluding hydrogens is 160 g/mol. The van der Waals surface area contributed by atoms with Gasteiger partial charge in [-0.15, -0.1) is 0 Å². The van der Waals surface area contributed by atoms with Crippen LogP contribution in [0.1, 0.15) is 41.5 Å². The lowest BCUT2D eigenvalue weighted by Gasteiger charge is -2.37. The second kappa shape index (κ2) is 4.66. The van der Waals surface area contributed by atoms with Crippen molar-refractivity contribution in [1.82, 2.24) is 10.4 Å². The fourth-order valence-corrected chi connectivity index (χ4v) is 1.59. The van der Waals surface area contributed by atoms with Gasteiger partial charge in [0.1, 0.15) is 0 Å². The Hall–Kier alpha value is -0.500. The number of nitrogens with one attached hydrogen (secondary N) is 1. The van der Waals surface area contributed by atoms with Crippen LogP contribution in [0.4, 0.5) is 0 Å². The third-order valence-electron chi connectivity index (χ3n) is 2.06. The summed E-state index contributed by atoms with van der Waals surface area (Å²) in [5.41, 5.74) is 4.76. The molecule has 0 aromatic carbocycles. The maximum Gasteiger partial charge on any atom is 0.0395 e. The second-order valence-corrected chi connectivity index (χ2v) is 4.61. The molecule has 0 unspecified atom stereocenters. The van der Waals surface area contributed by atoms with Gasteiger partial charge in [0, 0.05) is 24.2 Å². The van der Waals surface area contributed by atoms with Crippen LogP contribution in [0.3, 0.4) is 0 Å². The molecule has 0 bridgehead atoms. The maximum atomic E-state index is 3.22. The van der Waals surface area contributed by atoms with E-state index in [1.165, 1.54) is 5.70 Å². The van der Waals surface area contributed by atoms with Crippen LogP contribution in [0.2, 0.25) is 0 Å². The maximum absolute atomic E-state index is 3.22. The molecule has 0 atom stereocenters. The molecule has 13 heavy (non-hydrogen) atoms. The van der Waals surface area contributed by atoms with Crippen LogP contribution in [0.15, 0.2) is 11.8 Å². The smallest absolute Gasteiger partial charge is 0.0395 e. The summed E-state index contributed by atoms with van der Waals surface area (Å²) in [6.45, 7) is 13.2. The SMILES string of the molecule is C/C=C(\N(NC)C(C)C)C(C)(C)C. The molecule has 0 saturated carbocycles. The average Bonchev–Trinajstić information content (AvgIpc) is 1.96. The third kappa shape index (κ3) is 3.39. The highest BCUT2D eigenvalue weighted by atomic mass is 15.5. The highest BCUT2D eigenvalue weighted by Crippen LogP contribution is 2.28. The van der Waals surface area contributed by atoms with Crippen molar-refractivity contribution in [3.8, 4) is 0 Å². The van der Waals surface area contributed by atoms with E-state index in [4.69, 9.17) is 0 Å². The van der Waals surface area contributed by atoms with Crippen LogP contribution >= 0.6 is 0 Å². The largest absolute Gasteiger partial charge is 0.310 e. The van der Waals surface area contributed by atoms with Crippen LogP contribution in [0.25, 0.3) is 0 Å². The van der Waals surface area contributed by atoms with Crippen molar-refractivity contribution >= 4 is 0 Å². The summed E-state index contributed by atoms with van der Waals surface area (Å²) in [5.74, 6) is 0. The second-order valence-electron chi connectivity index (χ2n) is 4.61. The van der Waals surface area contributed by atoms with Gasteiger partial charge in [-0.25, -0.2) is 5.43 Å². The van der Waals surface area contributed by atoms with Crippen molar-refractivity contribution in [1.29, 1.82) is 0 Å². The lowest BCUT2D eigenvalue weighted by atomic mass is 9.91. The zero-order valence-corrected chi connectivity index (χ0v) is 10.1. The van der Waals surface area contributed by atoms with Gasteiger partial charge in [-0.2, -0.15) is 0 Å². The van der Waals surface area contributed by atoms with E-state index in [0.29, 0.717) is 6.04 Å². The van der Waals surface area contributed by atoms with Crippen molar-refractivity contribution in [2.24, 2.45) is 5.41 Å². The summed E-state index contributed by atoms with van der Waals surface area (Å²) in [6, 6.07) is 0.482. The molecule has 2 nitrogen and oxygen atoms in total. The van der Waals surface area contributed by atoms with Gasteiger partial charge in [-0.05, 0) is 20.8 Å². The van der Waals surface area contributed by atoms with Crippen molar-refractivity contribution in [2.45, 2.75) is 47.6 Å². The van der Waals surface area contributed by atoms with Crippen molar-refractivity contribution in [3.05, 3.63) is 11.8 Å². The molecule has 0 aliphatic heterocycles. The Kier molecular flexibility index (Phi) is 4.48. The van der Waals surface area contributed by atoms with Gasteiger partial charge >= 0.3 is 0 Å². The number of allylic oxidation sites excluding steroid dienone is 2. The van der Waals surface area contributed by atoms with E-state index in [2.05, 4.69) is 58.1 Å². The van der Waals surface area contributed by atoms with E-state index in [1.54, 1.807) is 0 Å². The lowest BCUT2D eigenvalue weighted by molar-refractivity contribution is 0.170. The Morgan fingerprint density at radius 2 is 1.77 bits per heavy atom. The fourth-order valence-electron chi connectivity index (χ4n) is 1.59. The van der Waals surface area contributed by atoms with Crippen LogP contribution in [-0.4, -0.2) is 18.1 Å². The predicted molar refractivity (Wildman–Crippen MR) is 59.2 cm³/mol. The molecule has 0 heterocycles. The number of hydrogen-bond acceptors (Lipinski definition) is 2. The first-order valence-electron chi connectivity index (χ1n) is 4.98. The van der Waals surface area contributed by atoms with E-state index < -0.39 is 0 Å².